The molecule has 14 heavy (non-hydrogen) atoms. The van der Waals surface area contributed by atoms with E-state index in [0.29, 0.717) is 0 Å². The second kappa shape index (κ2) is 3.44. The van der Waals surface area contributed by atoms with Gasteiger partial charge in [-0.1, -0.05) is 0 Å². The molecular weight excluding hydrogens is 194 g/mol. The van der Waals surface area contributed by atoms with Gasteiger partial charge in [0.15, 0.2) is 6.29 Å². The zero-order valence-electron chi connectivity index (χ0n) is 7.49. The molecule has 1 saturated heterocycles. The molecule has 6 N–H and O–H groups in total. The van der Waals surface area contributed by atoms with E-state index in [4.69, 9.17) is 10.8 Å². The fourth-order valence-corrected chi connectivity index (χ4v) is 1.41. The van der Waals surface area contributed by atoms with Gasteiger partial charge in [0.1, 0.15) is 12.2 Å². The molecular formula is C7H13NO6. The van der Waals surface area contributed by atoms with E-state index in [9.17, 15) is 20.1 Å². The van der Waals surface area contributed by atoms with Crippen LogP contribution in [0.2, 0.25) is 0 Å². The van der Waals surface area contributed by atoms with E-state index in [1.54, 1.807) is 0 Å². The maximum absolute atomic E-state index is 10.9. The SMILES string of the molecule is C[C@H]1O[C@@H](O)[C@H](O)[C@](O)(C(N)=O)[C@@H]1O. The van der Waals surface area contributed by atoms with Gasteiger partial charge in [0.25, 0.3) is 5.91 Å². The average molecular weight is 207 g/mol. The molecule has 7 heteroatoms. The average Bonchev–Trinajstić information content (AvgIpc) is 2.11. The van der Waals surface area contributed by atoms with E-state index in [2.05, 4.69) is 4.74 Å². The molecule has 5 atom stereocenters. The van der Waals surface area contributed by atoms with Crippen LogP contribution in [-0.4, -0.2) is 56.5 Å². The minimum Gasteiger partial charge on any atom is -0.387 e. The van der Waals surface area contributed by atoms with E-state index < -0.39 is 36.1 Å². The molecule has 0 radical (unpaired) electrons. The first-order valence-corrected chi connectivity index (χ1v) is 4.03. The van der Waals surface area contributed by atoms with Gasteiger partial charge in [-0.25, -0.2) is 0 Å². The summed E-state index contributed by atoms with van der Waals surface area (Å²) in [5.41, 5.74) is 2.24. The first-order valence-electron chi connectivity index (χ1n) is 4.03. The third-order valence-corrected chi connectivity index (χ3v) is 2.37. The number of carbonyl (C=O) groups excluding carboxylic acids is 1. The summed E-state index contributed by atoms with van der Waals surface area (Å²) < 4.78 is 4.64. The number of amides is 1. The van der Waals surface area contributed by atoms with Crippen LogP contribution in [0.15, 0.2) is 0 Å². The Morgan fingerprint density at radius 1 is 1.36 bits per heavy atom. The Bertz CT molecular complexity index is 230. The Labute approximate surface area is 79.7 Å². The van der Waals surface area contributed by atoms with Crippen molar-refractivity contribution in [2.75, 3.05) is 0 Å². The van der Waals surface area contributed by atoms with E-state index in [1.807, 2.05) is 0 Å². The summed E-state index contributed by atoms with van der Waals surface area (Å²) in [6, 6.07) is 0. The molecule has 1 fully saturated rings. The molecule has 0 unspecified atom stereocenters. The van der Waals surface area contributed by atoms with Crippen molar-refractivity contribution in [3.63, 3.8) is 0 Å². The van der Waals surface area contributed by atoms with E-state index in [-0.39, 0.29) is 0 Å². The van der Waals surface area contributed by atoms with Crippen LogP contribution in [0.4, 0.5) is 0 Å². The molecule has 0 aliphatic carbocycles. The molecule has 0 aromatic heterocycles. The fraction of sp³-hybridized carbons (Fsp3) is 0.857. The van der Waals surface area contributed by atoms with E-state index in [0.717, 1.165) is 0 Å². The maximum atomic E-state index is 10.9. The summed E-state index contributed by atoms with van der Waals surface area (Å²) in [6.07, 6.45) is -6.42. The van der Waals surface area contributed by atoms with Crippen molar-refractivity contribution in [1.29, 1.82) is 0 Å². The van der Waals surface area contributed by atoms with Crippen molar-refractivity contribution >= 4 is 5.91 Å². The molecule has 1 heterocycles. The number of aliphatic hydroxyl groups is 4. The highest BCUT2D eigenvalue weighted by atomic mass is 16.6. The monoisotopic (exact) mass is 207 g/mol. The Morgan fingerprint density at radius 2 is 1.86 bits per heavy atom. The van der Waals surface area contributed by atoms with Crippen molar-refractivity contribution in [2.45, 2.75) is 37.1 Å². The number of ether oxygens (including phenoxy) is 1. The quantitative estimate of drug-likeness (QED) is 0.305. The van der Waals surface area contributed by atoms with Crippen LogP contribution in [0, 0.1) is 0 Å². The third-order valence-electron chi connectivity index (χ3n) is 2.37. The number of hydrogen-bond donors (Lipinski definition) is 5. The summed E-state index contributed by atoms with van der Waals surface area (Å²) in [5, 5.41) is 37.4. The minimum atomic E-state index is -2.59. The van der Waals surface area contributed by atoms with Gasteiger partial charge < -0.3 is 30.9 Å². The highest BCUT2D eigenvalue weighted by Gasteiger charge is 2.57. The van der Waals surface area contributed by atoms with E-state index in [1.165, 1.54) is 6.92 Å². The van der Waals surface area contributed by atoms with Gasteiger partial charge >= 0.3 is 0 Å². The minimum absolute atomic E-state index is 1.01. The largest absolute Gasteiger partial charge is 0.387 e. The summed E-state index contributed by atoms with van der Waals surface area (Å²) in [7, 11) is 0. The lowest BCUT2D eigenvalue weighted by atomic mass is 9.84. The molecule has 1 rings (SSSR count). The molecule has 82 valence electrons. The Morgan fingerprint density at radius 3 is 2.29 bits per heavy atom. The van der Waals surface area contributed by atoms with Crippen LogP contribution < -0.4 is 5.73 Å². The lowest BCUT2D eigenvalue weighted by molar-refractivity contribution is -0.303. The summed E-state index contributed by atoms with van der Waals surface area (Å²) in [4.78, 5) is 10.9. The van der Waals surface area contributed by atoms with Gasteiger partial charge in [0, 0.05) is 0 Å². The second-order valence-electron chi connectivity index (χ2n) is 3.31. The fourth-order valence-electron chi connectivity index (χ4n) is 1.41. The smallest absolute Gasteiger partial charge is 0.255 e. The first kappa shape index (κ1) is 11.3. The summed E-state index contributed by atoms with van der Waals surface area (Å²) in [5.74, 6) is -1.31. The normalized spacial score (nSPS) is 48.9. The number of aliphatic hydroxyl groups excluding tert-OH is 3. The summed E-state index contributed by atoms with van der Waals surface area (Å²) in [6.45, 7) is 1.33. The predicted octanol–water partition coefficient (Wildman–Crippen LogP) is -3.34. The molecule has 0 aromatic carbocycles. The molecule has 0 saturated carbocycles. The topological polar surface area (TPSA) is 133 Å². The van der Waals surface area contributed by atoms with Gasteiger partial charge in [-0.05, 0) is 6.92 Å². The van der Waals surface area contributed by atoms with Gasteiger partial charge in [-0.2, -0.15) is 0 Å². The lowest BCUT2D eigenvalue weighted by Gasteiger charge is -2.43. The van der Waals surface area contributed by atoms with Crippen LogP contribution in [0.1, 0.15) is 6.92 Å². The van der Waals surface area contributed by atoms with Crippen molar-refractivity contribution in [3.8, 4) is 0 Å². The van der Waals surface area contributed by atoms with Crippen molar-refractivity contribution < 1.29 is 30.0 Å². The van der Waals surface area contributed by atoms with Crippen LogP contribution in [-0.2, 0) is 9.53 Å². The molecule has 0 aromatic rings. The molecule has 1 aliphatic heterocycles. The maximum Gasteiger partial charge on any atom is 0.255 e. The summed E-state index contributed by atoms with van der Waals surface area (Å²) >= 11 is 0. The number of nitrogens with two attached hydrogens (primary N) is 1. The Balaban J connectivity index is 3.04. The Hall–Kier alpha value is -0.730. The number of carbonyl (C=O) groups is 1. The van der Waals surface area contributed by atoms with Crippen LogP contribution >= 0.6 is 0 Å². The van der Waals surface area contributed by atoms with Gasteiger partial charge in [0.2, 0.25) is 5.60 Å². The lowest BCUT2D eigenvalue weighted by Crippen LogP contribution is -2.71. The Kier molecular flexibility index (Phi) is 2.79. The number of hydrogen-bond acceptors (Lipinski definition) is 6. The zero-order chi connectivity index (χ0) is 11.1. The first-order chi connectivity index (χ1) is 6.31. The van der Waals surface area contributed by atoms with Crippen LogP contribution in [0.5, 0.6) is 0 Å². The third kappa shape index (κ3) is 1.39. The van der Waals surface area contributed by atoms with Crippen LogP contribution in [0.3, 0.4) is 0 Å². The van der Waals surface area contributed by atoms with Gasteiger partial charge in [-0.3, -0.25) is 4.79 Å². The van der Waals surface area contributed by atoms with Gasteiger partial charge in [-0.15, -0.1) is 0 Å². The highest BCUT2D eigenvalue weighted by Crippen LogP contribution is 2.28. The van der Waals surface area contributed by atoms with Gasteiger partial charge in [0.05, 0.1) is 6.10 Å². The number of primary amides is 1. The zero-order valence-corrected chi connectivity index (χ0v) is 7.49. The predicted molar refractivity (Wildman–Crippen MR) is 42.7 cm³/mol. The molecule has 7 nitrogen and oxygen atoms in total. The van der Waals surface area contributed by atoms with Crippen molar-refractivity contribution in [3.05, 3.63) is 0 Å². The van der Waals surface area contributed by atoms with Crippen molar-refractivity contribution in [1.82, 2.24) is 0 Å². The van der Waals surface area contributed by atoms with Crippen LogP contribution in [0.25, 0.3) is 0 Å². The van der Waals surface area contributed by atoms with E-state index >= 15 is 0 Å². The number of rotatable bonds is 1. The molecule has 0 bridgehead atoms. The highest BCUT2D eigenvalue weighted by molar-refractivity contribution is 5.85. The van der Waals surface area contributed by atoms with Crippen molar-refractivity contribution in [2.24, 2.45) is 5.73 Å². The standard InChI is InChI=1S/C7H13NO6/c1-2-3(9)7(13,6(8)12)4(10)5(11)14-2/h2-5,9-11,13H,1H3,(H2,8,12)/t2-,3-,4+,5-,7+/m1/s1. The molecule has 1 aliphatic rings. The molecule has 0 spiro atoms. The molecule has 1 amide bonds. The second-order valence-corrected chi connectivity index (χ2v) is 3.31.